The van der Waals surface area contributed by atoms with Crippen molar-refractivity contribution in [3.05, 3.63) is 24.0 Å². The van der Waals surface area contributed by atoms with E-state index in [0.29, 0.717) is 6.07 Å². The lowest BCUT2D eigenvalue weighted by Crippen LogP contribution is -2.37. The molecule has 0 aromatic heterocycles. The summed E-state index contributed by atoms with van der Waals surface area (Å²) in [6, 6.07) is 2.59. The van der Waals surface area contributed by atoms with Gasteiger partial charge in [-0.1, -0.05) is 0 Å². The number of nitrogens with one attached hydrogen (secondary N) is 2. The van der Waals surface area contributed by atoms with E-state index in [9.17, 15) is 21.6 Å². The van der Waals surface area contributed by atoms with Crippen LogP contribution in [0.3, 0.4) is 0 Å². The highest BCUT2D eigenvalue weighted by Crippen LogP contribution is 2.22. The van der Waals surface area contributed by atoms with Crippen LogP contribution in [0.1, 0.15) is 12.8 Å². The molecule has 1 aromatic rings. The van der Waals surface area contributed by atoms with Gasteiger partial charge in [0.15, 0.2) is 11.6 Å². The summed E-state index contributed by atoms with van der Waals surface area (Å²) in [5, 5.41) is 3.12. The highest BCUT2D eigenvalue weighted by molar-refractivity contribution is 7.89. The maximum Gasteiger partial charge on any atom is 0.387 e. The van der Waals surface area contributed by atoms with Crippen molar-refractivity contribution in [2.75, 3.05) is 13.1 Å². The maximum atomic E-state index is 13.5. The van der Waals surface area contributed by atoms with E-state index < -0.39 is 28.2 Å². The van der Waals surface area contributed by atoms with Crippen LogP contribution < -0.4 is 14.8 Å². The van der Waals surface area contributed by atoms with Gasteiger partial charge in [-0.3, -0.25) is 0 Å². The summed E-state index contributed by atoms with van der Waals surface area (Å²) in [5.74, 6) is -1.85. The van der Waals surface area contributed by atoms with Gasteiger partial charge >= 0.3 is 6.61 Å². The van der Waals surface area contributed by atoms with Crippen molar-refractivity contribution in [1.29, 1.82) is 0 Å². The fourth-order valence-electron chi connectivity index (χ4n) is 2.06. The highest BCUT2D eigenvalue weighted by atomic mass is 32.2. The lowest BCUT2D eigenvalue weighted by Gasteiger charge is -2.12. The minimum absolute atomic E-state index is 0.0473. The van der Waals surface area contributed by atoms with Crippen molar-refractivity contribution in [2.45, 2.75) is 30.4 Å². The number of alkyl halides is 2. The van der Waals surface area contributed by atoms with Gasteiger partial charge in [0.25, 0.3) is 0 Å². The van der Waals surface area contributed by atoms with Crippen molar-refractivity contribution >= 4 is 10.0 Å². The Kier molecular flexibility index (Phi) is 5.07. The van der Waals surface area contributed by atoms with E-state index in [1.165, 1.54) is 0 Å². The molecule has 1 fully saturated rings. The van der Waals surface area contributed by atoms with E-state index in [2.05, 4.69) is 14.8 Å². The zero-order valence-corrected chi connectivity index (χ0v) is 11.8. The molecular weight excluding hydrogens is 309 g/mol. The van der Waals surface area contributed by atoms with Gasteiger partial charge in [-0.25, -0.2) is 17.5 Å². The number of halogens is 3. The Morgan fingerprint density at radius 1 is 1.43 bits per heavy atom. The first-order valence-electron chi connectivity index (χ1n) is 6.36. The molecule has 118 valence electrons. The number of hydrogen-bond acceptors (Lipinski definition) is 4. The number of hydrogen-bond donors (Lipinski definition) is 2. The molecule has 0 spiro atoms. The molecule has 1 aromatic carbocycles. The van der Waals surface area contributed by atoms with E-state index >= 15 is 0 Å². The minimum Gasteiger partial charge on any atom is -0.432 e. The highest BCUT2D eigenvalue weighted by Gasteiger charge is 2.21. The van der Waals surface area contributed by atoms with Crippen molar-refractivity contribution in [1.82, 2.24) is 10.0 Å². The third-order valence-electron chi connectivity index (χ3n) is 3.11. The predicted octanol–water partition coefficient (Wildman–Crippen LogP) is 1.46. The molecule has 1 saturated heterocycles. The van der Waals surface area contributed by atoms with Gasteiger partial charge in [-0.05, 0) is 37.6 Å². The van der Waals surface area contributed by atoms with E-state index in [1.54, 1.807) is 0 Å². The van der Waals surface area contributed by atoms with E-state index in [-0.39, 0.29) is 17.5 Å². The van der Waals surface area contributed by atoms with Gasteiger partial charge in [0.1, 0.15) is 0 Å². The first kappa shape index (κ1) is 16.1. The topological polar surface area (TPSA) is 67.4 Å². The lowest BCUT2D eigenvalue weighted by molar-refractivity contribution is -0.0522. The molecule has 1 aliphatic rings. The summed E-state index contributed by atoms with van der Waals surface area (Å²) in [6.45, 7) is -2.14. The molecule has 1 aliphatic heterocycles. The zero-order valence-electron chi connectivity index (χ0n) is 11.0. The molecule has 9 heteroatoms. The number of sulfonamides is 1. The van der Waals surface area contributed by atoms with Crippen LogP contribution in [0.4, 0.5) is 13.2 Å². The number of benzene rings is 1. The Balaban J connectivity index is 2.06. The van der Waals surface area contributed by atoms with Crippen LogP contribution in [-0.2, 0) is 10.0 Å². The molecule has 1 atom stereocenters. The van der Waals surface area contributed by atoms with Crippen LogP contribution in [0.15, 0.2) is 23.1 Å². The lowest BCUT2D eigenvalue weighted by atomic mass is 10.2. The molecule has 21 heavy (non-hydrogen) atoms. The van der Waals surface area contributed by atoms with Gasteiger partial charge in [0.2, 0.25) is 10.0 Å². The van der Waals surface area contributed by atoms with Crippen LogP contribution in [0, 0.1) is 5.82 Å². The third-order valence-corrected chi connectivity index (χ3v) is 4.53. The van der Waals surface area contributed by atoms with Crippen LogP contribution in [0.25, 0.3) is 0 Å². The Morgan fingerprint density at radius 2 is 2.19 bits per heavy atom. The first-order chi connectivity index (χ1) is 9.88. The summed E-state index contributed by atoms with van der Waals surface area (Å²) < 4.78 is 67.8. The van der Waals surface area contributed by atoms with Crippen LogP contribution in [0.2, 0.25) is 0 Å². The quantitative estimate of drug-likeness (QED) is 0.831. The van der Waals surface area contributed by atoms with Crippen molar-refractivity contribution < 1.29 is 26.3 Å². The SMILES string of the molecule is O=S(=O)(NCC1CCCN1)c1ccc(OC(F)F)c(F)c1. The predicted molar refractivity (Wildman–Crippen MR) is 69.2 cm³/mol. The summed E-state index contributed by atoms with van der Waals surface area (Å²) in [4.78, 5) is -0.334. The molecule has 0 radical (unpaired) electrons. The van der Waals surface area contributed by atoms with Crippen LogP contribution in [0.5, 0.6) is 5.75 Å². The number of ether oxygens (including phenoxy) is 1. The van der Waals surface area contributed by atoms with Crippen molar-refractivity contribution in [3.8, 4) is 5.75 Å². The van der Waals surface area contributed by atoms with Gasteiger partial charge in [-0.15, -0.1) is 0 Å². The summed E-state index contributed by atoms with van der Waals surface area (Å²) in [6.07, 6.45) is 1.83. The molecule has 0 bridgehead atoms. The molecule has 5 nitrogen and oxygen atoms in total. The monoisotopic (exact) mass is 324 g/mol. The van der Waals surface area contributed by atoms with Crippen LogP contribution >= 0.6 is 0 Å². The van der Waals surface area contributed by atoms with E-state index in [4.69, 9.17) is 0 Å². The van der Waals surface area contributed by atoms with Gasteiger partial charge in [0, 0.05) is 12.6 Å². The average molecular weight is 324 g/mol. The standard InChI is InChI=1S/C12H15F3N2O3S/c13-10-6-9(3-4-11(10)20-12(14)15)21(18,19)17-7-8-2-1-5-16-8/h3-4,6,8,12,16-17H,1-2,5,7H2. The maximum absolute atomic E-state index is 13.5. The Morgan fingerprint density at radius 3 is 2.76 bits per heavy atom. The Labute approximate surface area is 120 Å². The van der Waals surface area contributed by atoms with Crippen molar-refractivity contribution in [3.63, 3.8) is 0 Å². The average Bonchev–Trinajstić information content (AvgIpc) is 2.91. The number of rotatable bonds is 6. The Bertz CT molecular complexity index is 589. The molecule has 2 rings (SSSR count). The molecule has 0 aliphatic carbocycles. The zero-order chi connectivity index (χ0) is 15.5. The van der Waals surface area contributed by atoms with E-state index in [1.807, 2.05) is 0 Å². The largest absolute Gasteiger partial charge is 0.432 e. The van der Waals surface area contributed by atoms with Crippen LogP contribution in [-0.4, -0.2) is 34.2 Å². The fraction of sp³-hybridized carbons (Fsp3) is 0.500. The van der Waals surface area contributed by atoms with Gasteiger partial charge in [0.05, 0.1) is 4.90 Å². The Hall–Kier alpha value is -1.32. The third kappa shape index (κ3) is 4.32. The molecule has 0 saturated carbocycles. The van der Waals surface area contributed by atoms with E-state index in [0.717, 1.165) is 31.5 Å². The molecule has 1 heterocycles. The summed E-state index contributed by atoms with van der Waals surface area (Å²) in [5.41, 5.74) is 0. The second kappa shape index (κ2) is 6.63. The molecule has 0 amide bonds. The van der Waals surface area contributed by atoms with Gasteiger partial charge < -0.3 is 10.1 Å². The molecular formula is C12H15F3N2O3S. The molecule has 2 N–H and O–H groups in total. The molecule has 1 unspecified atom stereocenters. The second-order valence-electron chi connectivity index (χ2n) is 4.62. The second-order valence-corrected chi connectivity index (χ2v) is 6.38. The van der Waals surface area contributed by atoms with Crippen molar-refractivity contribution in [2.24, 2.45) is 0 Å². The minimum atomic E-state index is -3.89. The normalized spacial score (nSPS) is 19.1. The smallest absolute Gasteiger partial charge is 0.387 e. The fourth-order valence-corrected chi connectivity index (χ4v) is 3.16. The first-order valence-corrected chi connectivity index (χ1v) is 7.84. The summed E-state index contributed by atoms with van der Waals surface area (Å²) in [7, 11) is -3.89. The summed E-state index contributed by atoms with van der Waals surface area (Å²) >= 11 is 0. The van der Waals surface area contributed by atoms with Gasteiger partial charge in [-0.2, -0.15) is 8.78 Å².